The molecule has 2 rings (SSSR count). The van der Waals surface area contributed by atoms with Gasteiger partial charge in [-0.05, 0) is 39.0 Å². The third kappa shape index (κ3) is 2.91. The van der Waals surface area contributed by atoms with Gasteiger partial charge >= 0.3 is 0 Å². The molecule has 1 aromatic carbocycles. The molecule has 1 aliphatic heterocycles. The van der Waals surface area contributed by atoms with Gasteiger partial charge in [-0.3, -0.25) is 4.99 Å². The number of anilines is 1. The van der Waals surface area contributed by atoms with Gasteiger partial charge in [0.25, 0.3) is 0 Å². The van der Waals surface area contributed by atoms with Crippen molar-refractivity contribution in [2.75, 3.05) is 18.6 Å². The highest BCUT2D eigenvalue weighted by Gasteiger charge is 2.43. The van der Waals surface area contributed by atoms with Crippen molar-refractivity contribution < 1.29 is 4.74 Å². The van der Waals surface area contributed by atoms with Gasteiger partial charge in [-0.1, -0.05) is 17.7 Å². The van der Waals surface area contributed by atoms with Gasteiger partial charge in [-0.2, -0.15) is 0 Å². The van der Waals surface area contributed by atoms with Gasteiger partial charge in [-0.25, -0.2) is 0 Å². The van der Waals surface area contributed by atoms with Crippen LogP contribution in [-0.4, -0.2) is 30.8 Å². The summed E-state index contributed by atoms with van der Waals surface area (Å²) in [7, 11) is 1.73. The molecule has 1 aliphatic rings. The lowest BCUT2D eigenvalue weighted by atomic mass is 9.86. The Bertz CT molecular complexity index is 530. The highest BCUT2D eigenvalue weighted by Crippen LogP contribution is 2.36. The zero-order chi connectivity index (χ0) is 15.0. The second kappa shape index (κ2) is 5.26. The Kier molecular flexibility index (Phi) is 3.98. The number of benzene rings is 1. The van der Waals surface area contributed by atoms with E-state index in [9.17, 15) is 0 Å². The molecule has 1 aromatic rings. The largest absolute Gasteiger partial charge is 0.379 e. The molecule has 0 amide bonds. The molecule has 5 heteroatoms. The highest BCUT2D eigenvalue weighted by atomic mass is 35.5. The Morgan fingerprint density at radius 1 is 1.50 bits per heavy atom. The first-order valence-electron chi connectivity index (χ1n) is 6.68. The molecule has 2 N–H and O–H groups in total. The number of hydrogen-bond acceptors (Lipinski definition) is 4. The van der Waals surface area contributed by atoms with Crippen LogP contribution in [0.4, 0.5) is 5.69 Å². The van der Waals surface area contributed by atoms with Crippen molar-refractivity contribution in [2.45, 2.75) is 38.3 Å². The number of hydrogen-bond donors (Lipinski definition) is 1. The molecule has 0 aliphatic carbocycles. The van der Waals surface area contributed by atoms with Crippen LogP contribution in [0.2, 0.25) is 5.02 Å². The lowest BCUT2D eigenvalue weighted by molar-refractivity contribution is 0.00152. The van der Waals surface area contributed by atoms with Gasteiger partial charge in [0.1, 0.15) is 0 Å². The van der Waals surface area contributed by atoms with Crippen molar-refractivity contribution >= 4 is 23.2 Å². The summed E-state index contributed by atoms with van der Waals surface area (Å²) in [5.41, 5.74) is 6.59. The average molecular weight is 296 g/mol. The van der Waals surface area contributed by atoms with E-state index in [0.29, 0.717) is 17.5 Å². The molecule has 20 heavy (non-hydrogen) atoms. The quantitative estimate of drug-likeness (QED) is 0.929. The van der Waals surface area contributed by atoms with Crippen LogP contribution in [0.1, 0.15) is 27.2 Å². The lowest BCUT2D eigenvalue weighted by Crippen LogP contribution is -2.53. The minimum atomic E-state index is -0.244. The van der Waals surface area contributed by atoms with E-state index in [-0.39, 0.29) is 11.1 Å². The number of guanidine groups is 1. The second-order valence-electron chi connectivity index (χ2n) is 6.13. The van der Waals surface area contributed by atoms with Crippen LogP contribution in [0.15, 0.2) is 29.3 Å². The van der Waals surface area contributed by atoms with E-state index in [1.165, 1.54) is 0 Å². The Hall–Kier alpha value is -1.26. The fourth-order valence-corrected chi connectivity index (χ4v) is 3.04. The summed E-state index contributed by atoms with van der Waals surface area (Å²) in [6, 6.07) is 7.68. The highest BCUT2D eigenvalue weighted by molar-refractivity contribution is 6.31. The minimum absolute atomic E-state index is 0.214. The van der Waals surface area contributed by atoms with Crippen molar-refractivity contribution in [1.29, 1.82) is 0 Å². The maximum absolute atomic E-state index is 6.09. The van der Waals surface area contributed by atoms with Crippen molar-refractivity contribution in [2.24, 2.45) is 10.7 Å². The van der Waals surface area contributed by atoms with E-state index in [4.69, 9.17) is 22.1 Å². The Labute approximate surface area is 125 Å². The zero-order valence-corrected chi connectivity index (χ0v) is 13.2. The summed E-state index contributed by atoms with van der Waals surface area (Å²) < 4.78 is 5.56. The van der Waals surface area contributed by atoms with Crippen molar-refractivity contribution in [1.82, 2.24) is 0 Å². The normalized spacial score (nSPS) is 23.1. The number of nitrogens with two attached hydrogens (primary N) is 1. The SMILES string of the molecule is COC(C)(C)CC1(C)CN=C(N)N1c1cccc(Cl)c1. The van der Waals surface area contributed by atoms with E-state index >= 15 is 0 Å². The molecule has 1 atom stereocenters. The third-order valence-electron chi connectivity index (χ3n) is 3.78. The second-order valence-corrected chi connectivity index (χ2v) is 6.56. The standard InChI is InChI=1S/C15H22ClN3O/c1-14(2,20-4)9-15(3)10-18-13(17)19(15)12-7-5-6-11(16)8-12/h5-8H,9-10H2,1-4H3,(H2,17,18). The summed E-state index contributed by atoms with van der Waals surface area (Å²) in [5.74, 6) is 0.529. The molecule has 1 unspecified atom stereocenters. The smallest absolute Gasteiger partial charge is 0.196 e. The predicted octanol–water partition coefficient (Wildman–Crippen LogP) is 3.05. The first-order valence-corrected chi connectivity index (χ1v) is 7.06. The summed E-state index contributed by atoms with van der Waals surface area (Å²) in [6.45, 7) is 6.95. The summed E-state index contributed by atoms with van der Waals surface area (Å²) in [6.07, 6.45) is 0.813. The molecular weight excluding hydrogens is 274 g/mol. The van der Waals surface area contributed by atoms with Crippen molar-refractivity contribution in [3.63, 3.8) is 0 Å². The number of methoxy groups -OCH3 is 1. The number of halogens is 1. The molecule has 0 aromatic heterocycles. The van der Waals surface area contributed by atoms with Crippen molar-refractivity contribution in [3.05, 3.63) is 29.3 Å². The fraction of sp³-hybridized carbons (Fsp3) is 0.533. The number of rotatable bonds is 4. The van der Waals surface area contributed by atoms with E-state index in [2.05, 4.69) is 30.7 Å². The number of nitrogens with zero attached hydrogens (tertiary/aromatic N) is 2. The van der Waals surface area contributed by atoms with Crippen molar-refractivity contribution in [3.8, 4) is 0 Å². The van der Waals surface area contributed by atoms with Crippen LogP contribution in [0.3, 0.4) is 0 Å². The molecule has 110 valence electrons. The van der Waals surface area contributed by atoms with Gasteiger partial charge in [0, 0.05) is 24.2 Å². The molecule has 0 radical (unpaired) electrons. The molecule has 0 bridgehead atoms. The van der Waals surface area contributed by atoms with Gasteiger partial charge in [0.15, 0.2) is 5.96 Å². The summed E-state index contributed by atoms with van der Waals surface area (Å²) in [5, 5.41) is 0.690. The molecule has 0 saturated carbocycles. The minimum Gasteiger partial charge on any atom is -0.379 e. The van der Waals surface area contributed by atoms with Gasteiger partial charge in [-0.15, -0.1) is 0 Å². The molecular formula is C15H22ClN3O. The zero-order valence-electron chi connectivity index (χ0n) is 12.5. The maximum atomic E-state index is 6.09. The molecule has 1 heterocycles. The van der Waals surface area contributed by atoms with Crippen LogP contribution in [-0.2, 0) is 4.74 Å². The first kappa shape index (κ1) is 15.1. The first-order chi connectivity index (χ1) is 9.27. The lowest BCUT2D eigenvalue weighted by Gasteiger charge is -2.41. The van der Waals surface area contributed by atoms with E-state index in [1.807, 2.05) is 24.3 Å². The van der Waals surface area contributed by atoms with Crippen LogP contribution >= 0.6 is 11.6 Å². The van der Waals surface area contributed by atoms with Gasteiger partial charge < -0.3 is 15.4 Å². The molecule has 0 spiro atoms. The molecule has 0 fully saturated rings. The van der Waals surface area contributed by atoms with Crippen LogP contribution < -0.4 is 10.6 Å². The van der Waals surface area contributed by atoms with E-state index in [0.717, 1.165) is 12.1 Å². The van der Waals surface area contributed by atoms with Crippen LogP contribution in [0.5, 0.6) is 0 Å². The average Bonchev–Trinajstić information content (AvgIpc) is 2.64. The summed E-state index contributed by atoms with van der Waals surface area (Å²) >= 11 is 6.09. The Morgan fingerprint density at radius 3 is 2.80 bits per heavy atom. The fourth-order valence-electron chi connectivity index (χ4n) is 2.85. The van der Waals surface area contributed by atoms with Gasteiger partial charge in [0.05, 0.1) is 17.7 Å². The summed E-state index contributed by atoms with van der Waals surface area (Å²) in [4.78, 5) is 6.47. The monoisotopic (exact) mass is 295 g/mol. The number of ether oxygens (including phenoxy) is 1. The van der Waals surface area contributed by atoms with Crippen LogP contribution in [0, 0.1) is 0 Å². The Balaban J connectivity index is 2.35. The van der Waals surface area contributed by atoms with Crippen LogP contribution in [0.25, 0.3) is 0 Å². The maximum Gasteiger partial charge on any atom is 0.196 e. The Morgan fingerprint density at radius 2 is 2.20 bits per heavy atom. The topological polar surface area (TPSA) is 50.9 Å². The van der Waals surface area contributed by atoms with Gasteiger partial charge in [0.2, 0.25) is 0 Å². The third-order valence-corrected chi connectivity index (χ3v) is 4.01. The predicted molar refractivity (Wildman–Crippen MR) is 84.5 cm³/mol. The molecule has 0 saturated heterocycles. The van der Waals surface area contributed by atoms with E-state index in [1.54, 1.807) is 7.11 Å². The number of aliphatic imine (C=N–C) groups is 1. The molecule has 4 nitrogen and oxygen atoms in total. The van der Waals surface area contributed by atoms with E-state index < -0.39 is 0 Å².